The lowest BCUT2D eigenvalue weighted by atomic mass is 9.96. The molecule has 3 aromatic rings. The summed E-state index contributed by atoms with van der Waals surface area (Å²) in [7, 11) is 2.07. The topological polar surface area (TPSA) is 39.1 Å². The first-order chi connectivity index (χ1) is 14.8. The summed E-state index contributed by atoms with van der Waals surface area (Å²) < 4.78 is 0. The maximum atomic E-state index is 10.8. The number of rotatable bonds is 7. The number of aliphatic hydroxyl groups is 1. The molecule has 0 bridgehead atoms. The van der Waals surface area contributed by atoms with Crippen LogP contribution >= 0.6 is 0 Å². The molecule has 0 saturated carbocycles. The standard InChI is InChI=1S/C27H33N3O/c1-20(26(31)22-12-6-5-7-13-22)29(4)19-24-17-27(2,3)30(28-24)18-23-15-10-14-21-11-8-9-16-25(21)23/h5-16,20,26,31H,17-19H2,1-4H3/t20-,26+/m1/s1. The van der Waals surface area contributed by atoms with E-state index in [0.29, 0.717) is 0 Å². The molecule has 4 nitrogen and oxygen atoms in total. The van der Waals surface area contributed by atoms with E-state index in [0.717, 1.165) is 25.1 Å². The zero-order valence-corrected chi connectivity index (χ0v) is 19.0. The predicted octanol–water partition coefficient (Wildman–Crippen LogP) is 5.23. The zero-order valence-electron chi connectivity index (χ0n) is 19.0. The van der Waals surface area contributed by atoms with Crippen LogP contribution in [0.5, 0.6) is 0 Å². The van der Waals surface area contributed by atoms with E-state index in [1.54, 1.807) is 0 Å². The fourth-order valence-electron chi connectivity index (χ4n) is 4.46. The van der Waals surface area contributed by atoms with Crippen LogP contribution in [0, 0.1) is 0 Å². The van der Waals surface area contributed by atoms with Crippen molar-refractivity contribution in [3.8, 4) is 0 Å². The Labute approximate surface area is 185 Å². The molecule has 0 aliphatic carbocycles. The highest BCUT2D eigenvalue weighted by Crippen LogP contribution is 2.31. The molecule has 3 aromatic carbocycles. The molecule has 1 N–H and O–H groups in total. The van der Waals surface area contributed by atoms with E-state index in [1.807, 2.05) is 30.3 Å². The summed E-state index contributed by atoms with van der Waals surface area (Å²) in [5, 5.41) is 20.6. The van der Waals surface area contributed by atoms with Gasteiger partial charge in [-0.1, -0.05) is 72.8 Å². The van der Waals surface area contributed by atoms with Gasteiger partial charge in [0.1, 0.15) is 0 Å². The maximum Gasteiger partial charge on any atom is 0.0942 e. The van der Waals surface area contributed by atoms with Crippen molar-refractivity contribution >= 4 is 16.5 Å². The van der Waals surface area contributed by atoms with E-state index < -0.39 is 6.10 Å². The average molecular weight is 416 g/mol. The molecule has 0 radical (unpaired) electrons. The van der Waals surface area contributed by atoms with Crippen molar-refractivity contribution in [2.45, 2.75) is 51.4 Å². The van der Waals surface area contributed by atoms with Crippen molar-refractivity contribution in [2.75, 3.05) is 13.6 Å². The minimum atomic E-state index is -0.520. The van der Waals surface area contributed by atoms with Crippen LogP contribution in [-0.4, -0.2) is 45.9 Å². The van der Waals surface area contributed by atoms with Crippen LogP contribution in [0.4, 0.5) is 0 Å². The van der Waals surface area contributed by atoms with Gasteiger partial charge in [-0.05, 0) is 49.7 Å². The molecule has 4 rings (SSSR count). The lowest BCUT2D eigenvalue weighted by Gasteiger charge is -2.31. The van der Waals surface area contributed by atoms with Crippen molar-refractivity contribution in [2.24, 2.45) is 5.10 Å². The third-order valence-electron chi connectivity index (χ3n) is 6.52. The molecule has 1 heterocycles. The Morgan fingerprint density at radius 1 is 1.00 bits per heavy atom. The van der Waals surface area contributed by atoms with Crippen LogP contribution in [0.1, 0.15) is 44.4 Å². The molecule has 31 heavy (non-hydrogen) atoms. The average Bonchev–Trinajstić information content (AvgIpc) is 3.06. The molecule has 2 atom stereocenters. The van der Waals surface area contributed by atoms with Gasteiger partial charge < -0.3 is 5.11 Å². The lowest BCUT2D eigenvalue weighted by molar-refractivity contribution is 0.0804. The summed E-state index contributed by atoms with van der Waals surface area (Å²) >= 11 is 0. The number of likely N-dealkylation sites (N-methyl/N-ethyl adjacent to an activating group) is 1. The third-order valence-corrected chi connectivity index (χ3v) is 6.52. The van der Waals surface area contributed by atoms with Gasteiger partial charge in [0.15, 0.2) is 0 Å². The molecular weight excluding hydrogens is 382 g/mol. The van der Waals surface area contributed by atoms with Gasteiger partial charge in [-0.2, -0.15) is 5.10 Å². The van der Waals surface area contributed by atoms with Crippen molar-refractivity contribution < 1.29 is 5.11 Å². The molecule has 4 heteroatoms. The summed E-state index contributed by atoms with van der Waals surface area (Å²) in [6.45, 7) is 8.14. The first-order valence-corrected chi connectivity index (χ1v) is 11.1. The van der Waals surface area contributed by atoms with Gasteiger partial charge in [0.05, 0.1) is 23.9 Å². The number of hydrazone groups is 1. The highest BCUT2D eigenvalue weighted by Gasteiger charge is 2.35. The van der Waals surface area contributed by atoms with E-state index in [2.05, 4.69) is 80.2 Å². The van der Waals surface area contributed by atoms with Crippen LogP contribution in [0.15, 0.2) is 77.9 Å². The molecule has 1 aliphatic rings. The molecule has 0 amide bonds. The van der Waals surface area contributed by atoms with Gasteiger partial charge in [-0.25, -0.2) is 0 Å². The Bertz CT molecular complexity index is 1060. The second-order valence-corrected chi connectivity index (χ2v) is 9.36. The molecule has 0 unspecified atom stereocenters. The number of aliphatic hydroxyl groups excluding tert-OH is 1. The van der Waals surface area contributed by atoms with Crippen molar-refractivity contribution in [1.29, 1.82) is 0 Å². The van der Waals surface area contributed by atoms with E-state index in [9.17, 15) is 5.11 Å². The minimum Gasteiger partial charge on any atom is -0.387 e. The van der Waals surface area contributed by atoms with Crippen LogP contribution < -0.4 is 0 Å². The highest BCUT2D eigenvalue weighted by molar-refractivity contribution is 5.89. The lowest BCUT2D eigenvalue weighted by Crippen LogP contribution is -2.39. The summed E-state index contributed by atoms with van der Waals surface area (Å²) in [4.78, 5) is 2.20. The number of benzene rings is 3. The normalized spacial score (nSPS) is 17.7. The molecule has 0 spiro atoms. The summed E-state index contributed by atoms with van der Waals surface area (Å²) in [5.41, 5.74) is 3.39. The number of nitrogens with zero attached hydrogens (tertiary/aromatic N) is 3. The van der Waals surface area contributed by atoms with E-state index in [-0.39, 0.29) is 11.6 Å². The molecule has 0 fully saturated rings. The Kier molecular flexibility index (Phi) is 6.12. The highest BCUT2D eigenvalue weighted by atomic mass is 16.3. The Morgan fingerprint density at radius 3 is 2.45 bits per heavy atom. The zero-order chi connectivity index (χ0) is 22.0. The summed E-state index contributed by atoms with van der Waals surface area (Å²) in [6.07, 6.45) is 0.406. The van der Waals surface area contributed by atoms with Crippen molar-refractivity contribution in [3.63, 3.8) is 0 Å². The third kappa shape index (κ3) is 4.65. The molecule has 0 aromatic heterocycles. The van der Waals surface area contributed by atoms with E-state index in [1.165, 1.54) is 22.0 Å². The number of hydrogen-bond donors (Lipinski definition) is 1. The molecule has 162 valence electrons. The predicted molar refractivity (Wildman–Crippen MR) is 129 cm³/mol. The van der Waals surface area contributed by atoms with Crippen molar-refractivity contribution in [1.82, 2.24) is 9.91 Å². The van der Waals surface area contributed by atoms with Gasteiger partial charge in [0, 0.05) is 19.0 Å². The number of fused-ring (bicyclic) bond motifs is 1. The largest absolute Gasteiger partial charge is 0.387 e. The number of hydrogen-bond acceptors (Lipinski definition) is 4. The van der Waals surface area contributed by atoms with Crippen LogP contribution in [0.3, 0.4) is 0 Å². The second-order valence-electron chi connectivity index (χ2n) is 9.36. The van der Waals surface area contributed by atoms with Gasteiger partial charge in [-0.15, -0.1) is 0 Å². The van der Waals surface area contributed by atoms with Gasteiger partial charge in [0.2, 0.25) is 0 Å². The first kappa shape index (κ1) is 21.5. The fourth-order valence-corrected chi connectivity index (χ4v) is 4.46. The fraction of sp³-hybridized carbons (Fsp3) is 0.370. The molecular formula is C27H33N3O. The SMILES string of the molecule is C[C@H]([C@H](O)c1ccccc1)N(C)CC1=NN(Cc2cccc3ccccc23)C(C)(C)C1. The van der Waals surface area contributed by atoms with Crippen LogP contribution in [0.25, 0.3) is 10.8 Å². The van der Waals surface area contributed by atoms with E-state index >= 15 is 0 Å². The van der Waals surface area contributed by atoms with Crippen LogP contribution in [-0.2, 0) is 6.54 Å². The molecule has 1 aliphatic heterocycles. The summed E-state index contributed by atoms with van der Waals surface area (Å²) in [5.74, 6) is 0. The van der Waals surface area contributed by atoms with Crippen LogP contribution in [0.2, 0.25) is 0 Å². The first-order valence-electron chi connectivity index (χ1n) is 11.1. The Morgan fingerprint density at radius 2 is 1.68 bits per heavy atom. The second kappa shape index (κ2) is 8.81. The van der Waals surface area contributed by atoms with E-state index in [4.69, 9.17) is 5.10 Å². The van der Waals surface area contributed by atoms with Gasteiger partial charge in [0.25, 0.3) is 0 Å². The minimum absolute atomic E-state index is 0.000305. The van der Waals surface area contributed by atoms with Crippen molar-refractivity contribution in [3.05, 3.63) is 83.9 Å². The maximum absolute atomic E-state index is 10.8. The monoisotopic (exact) mass is 415 g/mol. The Hall–Kier alpha value is -2.69. The Balaban J connectivity index is 1.48. The van der Waals surface area contributed by atoms with Gasteiger partial charge in [-0.3, -0.25) is 9.91 Å². The molecule has 0 saturated heterocycles. The summed E-state index contributed by atoms with van der Waals surface area (Å²) in [6, 6.07) is 24.9. The van der Waals surface area contributed by atoms with Gasteiger partial charge >= 0.3 is 0 Å². The smallest absolute Gasteiger partial charge is 0.0942 e. The quantitative estimate of drug-likeness (QED) is 0.574.